The fourth-order valence-corrected chi connectivity index (χ4v) is 3.95. The van der Waals surface area contributed by atoms with Gasteiger partial charge in [-0.15, -0.1) is 0 Å². The molecule has 0 aliphatic heterocycles. The molecule has 2 N–H and O–H groups in total. The maximum absolute atomic E-state index is 13.7. The first-order valence-corrected chi connectivity index (χ1v) is 10.5. The first kappa shape index (κ1) is 22.3. The molecule has 1 unspecified atom stereocenters. The predicted molar refractivity (Wildman–Crippen MR) is 120 cm³/mol. The van der Waals surface area contributed by atoms with Crippen molar-refractivity contribution >= 4 is 28.4 Å². The summed E-state index contributed by atoms with van der Waals surface area (Å²) >= 11 is 0. The number of aromatic nitrogens is 3. The number of rotatable bonds is 6. The Bertz CT molecular complexity index is 1380. The number of nitrogens with zero attached hydrogens (tertiary/aromatic N) is 3. The lowest BCUT2D eigenvalue weighted by Crippen LogP contribution is -2.39. The highest BCUT2D eigenvalue weighted by molar-refractivity contribution is 5.92. The zero-order valence-corrected chi connectivity index (χ0v) is 18.4. The molecule has 0 aliphatic rings. The van der Waals surface area contributed by atoms with Crippen molar-refractivity contribution in [2.75, 3.05) is 7.05 Å². The van der Waals surface area contributed by atoms with Gasteiger partial charge < -0.3 is 10.6 Å². The van der Waals surface area contributed by atoms with E-state index < -0.39 is 29.5 Å². The van der Waals surface area contributed by atoms with E-state index in [9.17, 15) is 18.4 Å². The summed E-state index contributed by atoms with van der Waals surface area (Å²) in [5.41, 5.74) is 4.30. The summed E-state index contributed by atoms with van der Waals surface area (Å²) < 4.78 is 28.7. The molecule has 9 heteroatoms. The molecule has 0 aliphatic carbocycles. The van der Waals surface area contributed by atoms with Gasteiger partial charge in [-0.25, -0.2) is 18.3 Å². The van der Waals surface area contributed by atoms with Crippen LogP contribution in [0.3, 0.4) is 0 Å². The third-order valence-corrected chi connectivity index (χ3v) is 5.71. The summed E-state index contributed by atoms with van der Waals surface area (Å²) in [7, 11) is 1.41. The van der Waals surface area contributed by atoms with Crippen molar-refractivity contribution < 1.29 is 18.4 Å². The Kier molecular flexibility index (Phi) is 6.04. The maximum atomic E-state index is 13.7. The minimum atomic E-state index is -1.14. The van der Waals surface area contributed by atoms with E-state index in [1.165, 1.54) is 13.1 Å². The number of hydrogen-bond acceptors (Lipinski definition) is 4. The van der Waals surface area contributed by atoms with Crippen LogP contribution < -0.4 is 10.6 Å². The van der Waals surface area contributed by atoms with Crippen molar-refractivity contribution in [1.82, 2.24) is 25.2 Å². The first-order valence-electron chi connectivity index (χ1n) is 10.5. The van der Waals surface area contributed by atoms with E-state index in [0.29, 0.717) is 6.42 Å². The fraction of sp³-hybridized carbons (Fsp3) is 0.250. The summed E-state index contributed by atoms with van der Waals surface area (Å²) in [5.74, 6) is -3.06. The molecule has 33 heavy (non-hydrogen) atoms. The third kappa shape index (κ3) is 4.26. The smallest absolute Gasteiger partial charge is 0.246 e. The molecule has 4 aromatic rings. The van der Waals surface area contributed by atoms with Crippen LogP contribution in [-0.4, -0.2) is 33.5 Å². The van der Waals surface area contributed by atoms with E-state index in [-0.39, 0.29) is 12.0 Å². The van der Waals surface area contributed by atoms with Gasteiger partial charge in [0, 0.05) is 30.2 Å². The number of amides is 2. The van der Waals surface area contributed by atoms with Gasteiger partial charge in [0.1, 0.15) is 6.04 Å². The van der Waals surface area contributed by atoms with Crippen LogP contribution in [0.1, 0.15) is 35.0 Å². The quantitative estimate of drug-likeness (QED) is 0.471. The summed E-state index contributed by atoms with van der Waals surface area (Å²) in [6.45, 7) is 3.81. The van der Waals surface area contributed by atoms with Crippen LogP contribution in [0.15, 0.2) is 42.5 Å². The number of nitrogens with one attached hydrogen (secondary N) is 2. The van der Waals surface area contributed by atoms with Gasteiger partial charge >= 0.3 is 0 Å². The summed E-state index contributed by atoms with van der Waals surface area (Å²) in [4.78, 5) is 29.7. The van der Waals surface area contributed by atoms with Crippen molar-refractivity contribution in [2.45, 2.75) is 32.7 Å². The van der Waals surface area contributed by atoms with Gasteiger partial charge in [0.15, 0.2) is 17.3 Å². The van der Waals surface area contributed by atoms with Crippen LogP contribution >= 0.6 is 0 Å². The normalized spacial score (nSPS) is 12.2. The van der Waals surface area contributed by atoms with E-state index in [0.717, 1.165) is 45.6 Å². The number of benzene rings is 2. The van der Waals surface area contributed by atoms with Crippen molar-refractivity contribution in [3.05, 3.63) is 76.6 Å². The highest BCUT2D eigenvalue weighted by Crippen LogP contribution is 2.23. The second kappa shape index (κ2) is 8.93. The van der Waals surface area contributed by atoms with Crippen LogP contribution in [0.25, 0.3) is 16.6 Å². The van der Waals surface area contributed by atoms with Crippen molar-refractivity contribution in [1.29, 1.82) is 0 Å². The second-order valence-corrected chi connectivity index (χ2v) is 7.80. The van der Waals surface area contributed by atoms with Gasteiger partial charge in [0.05, 0.1) is 5.52 Å². The molecule has 1 atom stereocenters. The minimum Gasteiger partial charge on any atom is -0.357 e. The van der Waals surface area contributed by atoms with Gasteiger partial charge in [0.2, 0.25) is 11.8 Å². The maximum Gasteiger partial charge on any atom is 0.246 e. The van der Waals surface area contributed by atoms with E-state index in [2.05, 4.69) is 15.7 Å². The Morgan fingerprint density at radius 1 is 1.09 bits per heavy atom. The molecule has 0 spiro atoms. The number of carbonyl (C=O) groups is 2. The monoisotopic (exact) mass is 451 g/mol. The van der Waals surface area contributed by atoms with Gasteiger partial charge in [0.25, 0.3) is 0 Å². The van der Waals surface area contributed by atoms with E-state index >= 15 is 0 Å². The molecule has 170 valence electrons. The second-order valence-electron chi connectivity index (χ2n) is 7.80. The van der Waals surface area contributed by atoms with E-state index in [4.69, 9.17) is 4.98 Å². The van der Waals surface area contributed by atoms with Crippen LogP contribution in [0, 0.1) is 25.5 Å². The number of aryl methyl sites for hydroxylation is 2. The standard InChI is InChI=1S/C24H23F2N5O2/c1-13-16(14(2)31-23(28-13)17-6-4-5-7-20(17)30-31)9-11-21(32)29-22(24(33)27-3)15-8-10-18(25)19(26)12-15/h4-8,10,12,22H,9,11H2,1-3H3,(H,27,33)(H,29,32). The molecule has 0 saturated carbocycles. The summed E-state index contributed by atoms with van der Waals surface area (Å²) in [6.07, 6.45) is 0.452. The van der Waals surface area contributed by atoms with Crippen LogP contribution in [-0.2, 0) is 16.0 Å². The van der Waals surface area contributed by atoms with Gasteiger partial charge in [-0.05, 0) is 55.7 Å². The molecule has 2 heterocycles. The minimum absolute atomic E-state index is 0.0762. The SMILES string of the molecule is CNC(=O)C(NC(=O)CCc1c(C)nc2c3ccccc3nn2c1C)c1ccc(F)c(F)c1. The van der Waals surface area contributed by atoms with Crippen molar-refractivity contribution in [2.24, 2.45) is 0 Å². The Morgan fingerprint density at radius 2 is 1.85 bits per heavy atom. The number of fused-ring (bicyclic) bond motifs is 3. The zero-order valence-electron chi connectivity index (χ0n) is 18.4. The fourth-order valence-electron chi connectivity index (χ4n) is 3.95. The first-order chi connectivity index (χ1) is 15.8. The molecule has 0 fully saturated rings. The number of halogens is 2. The summed E-state index contributed by atoms with van der Waals surface area (Å²) in [5, 5.41) is 10.6. The van der Waals surface area contributed by atoms with Crippen molar-refractivity contribution in [3.8, 4) is 0 Å². The molecule has 0 bridgehead atoms. The van der Waals surface area contributed by atoms with Crippen LogP contribution in [0.2, 0.25) is 0 Å². The zero-order chi connectivity index (χ0) is 23.7. The lowest BCUT2D eigenvalue weighted by atomic mass is 10.0. The van der Waals surface area contributed by atoms with E-state index in [1.807, 2.05) is 38.1 Å². The molecule has 7 nitrogen and oxygen atoms in total. The van der Waals surface area contributed by atoms with Crippen LogP contribution in [0.4, 0.5) is 8.78 Å². The largest absolute Gasteiger partial charge is 0.357 e. The molecule has 2 amide bonds. The topological polar surface area (TPSA) is 88.4 Å². The molecule has 2 aromatic carbocycles. The Morgan fingerprint density at radius 3 is 2.58 bits per heavy atom. The molecular weight excluding hydrogens is 428 g/mol. The van der Waals surface area contributed by atoms with Gasteiger partial charge in [-0.2, -0.15) is 5.10 Å². The van der Waals surface area contributed by atoms with Gasteiger partial charge in [-0.1, -0.05) is 18.2 Å². The Hall–Kier alpha value is -3.88. The van der Waals surface area contributed by atoms with Crippen LogP contribution in [0.5, 0.6) is 0 Å². The lowest BCUT2D eigenvalue weighted by molar-refractivity contribution is -0.128. The molecular formula is C24H23F2N5O2. The molecule has 0 saturated heterocycles. The average Bonchev–Trinajstić information content (AvgIpc) is 3.17. The highest BCUT2D eigenvalue weighted by Gasteiger charge is 2.23. The molecule has 4 rings (SSSR count). The van der Waals surface area contributed by atoms with E-state index in [1.54, 1.807) is 4.52 Å². The number of hydrogen-bond donors (Lipinski definition) is 2. The lowest BCUT2D eigenvalue weighted by Gasteiger charge is -2.18. The summed E-state index contributed by atoms with van der Waals surface area (Å²) in [6, 6.07) is 9.70. The number of carbonyl (C=O) groups excluding carboxylic acids is 2. The molecule has 2 aromatic heterocycles. The third-order valence-electron chi connectivity index (χ3n) is 5.71. The highest BCUT2D eigenvalue weighted by atomic mass is 19.2. The van der Waals surface area contributed by atoms with Gasteiger partial charge in [-0.3, -0.25) is 9.59 Å². The molecule has 0 radical (unpaired) electrons. The van der Waals surface area contributed by atoms with Crippen molar-refractivity contribution in [3.63, 3.8) is 0 Å². The Labute approximate surface area is 188 Å². The number of likely N-dealkylation sites (N-methyl/N-ethyl adjacent to an activating group) is 1. The predicted octanol–water partition coefficient (Wildman–Crippen LogP) is 3.31. The average molecular weight is 451 g/mol. The Balaban J connectivity index is 1.55.